The van der Waals surface area contributed by atoms with Crippen LogP contribution in [0.1, 0.15) is 17.5 Å². The van der Waals surface area contributed by atoms with E-state index in [1.807, 2.05) is 12.1 Å². The Kier molecular flexibility index (Phi) is 6.66. The highest BCUT2D eigenvalue weighted by Gasteiger charge is 2.24. The van der Waals surface area contributed by atoms with Crippen LogP contribution < -0.4 is 5.32 Å². The van der Waals surface area contributed by atoms with Crippen molar-refractivity contribution in [3.63, 3.8) is 0 Å². The molecule has 0 fully saturated rings. The zero-order chi connectivity index (χ0) is 14.9. The molecule has 0 aliphatic carbocycles. The molecule has 0 bridgehead atoms. The summed E-state index contributed by atoms with van der Waals surface area (Å²) in [6.45, 7) is 2.86. The molecule has 0 unspecified atom stereocenters. The molecule has 0 aromatic heterocycles. The van der Waals surface area contributed by atoms with Crippen LogP contribution in [-0.4, -0.2) is 45.5 Å². The average molecular weight is 293 g/mol. The number of carbonyl (C=O) groups is 1. The summed E-state index contributed by atoms with van der Waals surface area (Å²) >= 11 is 0. The first-order valence-corrected chi connectivity index (χ1v) is 7.34. The van der Waals surface area contributed by atoms with Crippen molar-refractivity contribution >= 4 is 5.97 Å². The SMILES string of the molecule is COCCOCCCOC(=O)[C@H]1Cc2ccccc2CN1. The van der Waals surface area contributed by atoms with Gasteiger partial charge in [0.15, 0.2) is 0 Å². The van der Waals surface area contributed by atoms with E-state index < -0.39 is 0 Å². The molecule has 5 nitrogen and oxygen atoms in total. The van der Waals surface area contributed by atoms with Gasteiger partial charge in [0.2, 0.25) is 0 Å². The van der Waals surface area contributed by atoms with E-state index >= 15 is 0 Å². The molecule has 1 heterocycles. The highest BCUT2D eigenvalue weighted by atomic mass is 16.5. The lowest BCUT2D eigenvalue weighted by atomic mass is 9.96. The monoisotopic (exact) mass is 293 g/mol. The van der Waals surface area contributed by atoms with Gasteiger partial charge in [0.05, 0.1) is 19.8 Å². The fourth-order valence-corrected chi connectivity index (χ4v) is 2.30. The Balaban J connectivity index is 1.64. The van der Waals surface area contributed by atoms with Gasteiger partial charge in [-0.3, -0.25) is 4.79 Å². The molecular formula is C16H23NO4. The Labute approximate surface area is 125 Å². The molecule has 0 saturated carbocycles. The molecule has 1 aliphatic rings. The number of methoxy groups -OCH3 is 1. The van der Waals surface area contributed by atoms with Gasteiger partial charge in [-0.15, -0.1) is 0 Å². The van der Waals surface area contributed by atoms with E-state index in [0.717, 1.165) is 6.54 Å². The van der Waals surface area contributed by atoms with Gasteiger partial charge in [0, 0.05) is 26.7 Å². The maximum atomic E-state index is 12.0. The predicted octanol–water partition coefficient (Wildman–Crippen LogP) is 1.30. The van der Waals surface area contributed by atoms with E-state index in [-0.39, 0.29) is 12.0 Å². The lowest BCUT2D eigenvalue weighted by molar-refractivity contribution is -0.146. The van der Waals surface area contributed by atoms with Gasteiger partial charge in [0.1, 0.15) is 6.04 Å². The quantitative estimate of drug-likeness (QED) is 0.578. The van der Waals surface area contributed by atoms with E-state index in [1.54, 1.807) is 7.11 Å². The number of hydrogen-bond acceptors (Lipinski definition) is 5. The van der Waals surface area contributed by atoms with Crippen molar-refractivity contribution in [2.75, 3.05) is 33.5 Å². The molecule has 1 aliphatic heterocycles. The normalized spacial score (nSPS) is 17.3. The molecular weight excluding hydrogens is 270 g/mol. The lowest BCUT2D eigenvalue weighted by Crippen LogP contribution is -2.42. The summed E-state index contributed by atoms with van der Waals surface area (Å²) in [6.07, 6.45) is 1.40. The third kappa shape index (κ3) is 5.12. The van der Waals surface area contributed by atoms with Gasteiger partial charge in [-0.1, -0.05) is 24.3 Å². The van der Waals surface area contributed by atoms with E-state index in [2.05, 4.69) is 17.4 Å². The molecule has 0 spiro atoms. The second-order valence-electron chi connectivity index (χ2n) is 5.03. The Morgan fingerprint density at radius 2 is 2.00 bits per heavy atom. The standard InChI is InChI=1S/C16H23NO4/c1-19-9-10-20-7-4-8-21-16(18)15-11-13-5-2-3-6-14(13)12-17-15/h2-3,5-6,15,17H,4,7-12H2,1H3/t15-/m1/s1. The molecule has 0 radical (unpaired) electrons. The Hall–Kier alpha value is -1.43. The number of carbonyl (C=O) groups excluding carboxylic acids is 1. The molecule has 5 heteroatoms. The van der Waals surface area contributed by atoms with Crippen molar-refractivity contribution in [2.24, 2.45) is 0 Å². The topological polar surface area (TPSA) is 56.8 Å². The van der Waals surface area contributed by atoms with Crippen LogP contribution in [0.3, 0.4) is 0 Å². The fraction of sp³-hybridized carbons (Fsp3) is 0.562. The molecule has 1 aromatic rings. The second kappa shape index (κ2) is 8.77. The number of benzene rings is 1. The first kappa shape index (κ1) is 15.9. The van der Waals surface area contributed by atoms with Crippen molar-refractivity contribution in [1.82, 2.24) is 5.32 Å². The van der Waals surface area contributed by atoms with Crippen molar-refractivity contribution in [3.8, 4) is 0 Å². The van der Waals surface area contributed by atoms with Crippen LogP contribution in [0.25, 0.3) is 0 Å². The van der Waals surface area contributed by atoms with E-state index in [4.69, 9.17) is 14.2 Å². The molecule has 2 rings (SSSR count). The summed E-state index contributed by atoms with van der Waals surface area (Å²) in [4.78, 5) is 12.0. The van der Waals surface area contributed by atoms with Gasteiger partial charge in [0.25, 0.3) is 0 Å². The first-order chi connectivity index (χ1) is 10.3. The van der Waals surface area contributed by atoms with Crippen LogP contribution in [0.15, 0.2) is 24.3 Å². The molecule has 0 amide bonds. The van der Waals surface area contributed by atoms with Crippen LogP contribution in [0.2, 0.25) is 0 Å². The van der Waals surface area contributed by atoms with Gasteiger partial charge in [-0.25, -0.2) is 0 Å². The third-order valence-corrected chi connectivity index (χ3v) is 3.47. The number of ether oxygens (including phenoxy) is 3. The van der Waals surface area contributed by atoms with E-state index in [9.17, 15) is 4.79 Å². The van der Waals surface area contributed by atoms with Crippen LogP contribution >= 0.6 is 0 Å². The number of fused-ring (bicyclic) bond motifs is 1. The summed E-state index contributed by atoms with van der Waals surface area (Å²) in [7, 11) is 1.64. The zero-order valence-corrected chi connectivity index (χ0v) is 12.5. The highest BCUT2D eigenvalue weighted by molar-refractivity contribution is 5.76. The maximum Gasteiger partial charge on any atom is 0.323 e. The first-order valence-electron chi connectivity index (χ1n) is 7.34. The average Bonchev–Trinajstić information content (AvgIpc) is 2.53. The van der Waals surface area contributed by atoms with Crippen molar-refractivity contribution < 1.29 is 19.0 Å². The lowest BCUT2D eigenvalue weighted by Gasteiger charge is -2.24. The van der Waals surface area contributed by atoms with Crippen LogP contribution in [0, 0.1) is 0 Å². The summed E-state index contributed by atoms with van der Waals surface area (Å²) in [6, 6.07) is 7.93. The third-order valence-electron chi connectivity index (χ3n) is 3.47. The van der Waals surface area contributed by atoms with E-state index in [1.165, 1.54) is 11.1 Å². The van der Waals surface area contributed by atoms with Crippen molar-refractivity contribution in [2.45, 2.75) is 25.4 Å². The number of hydrogen-bond donors (Lipinski definition) is 1. The highest BCUT2D eigenvalue weighted by Crippen LogP contribution is 2.16. The van der Waals surface area contributed by atoms with Crippen LogP contribution in [0.5, 0.6) is 0 Å². The number of esters is 1. The number of nitrogens with one attached hydrogen (secondary N) is 1. The molecule has 1 aromatic carbocycles. The minimum absolute atomic E-state index is 0.179. The Bertz CT molecular complexity index is 450. The summed E-state index contributed by atoms with van der Waals surface area (Å²) < 4.78 is 15.5. The minimum Gasteiger partial charge on any atom is -0.464 e. The van der Waals surface area contributed by atoms with Crippen molar-refractivity contribution in [1.29, 1.82) is 0 Å². The van der Waals surface area contributed by atoms with Gasteiger partial charge < -0.3 is 19.5 Å². The largest absolute Gasteiger partial charge is 0.464 e. The second-order valence-corrected chi connectivity index (χ2v) is 5.03. The van der Waals surface area contributed by atoms with E-state index in [0.29, 0.717) is 39.3 Å². The molecule has 0 saturated heterocycles. The molecule has 1 atom stereocenters. The number of rotatable bonds is 8. The smallest absolute Gasteiger partial charge is 0.323 e. The summed E-state index contributed by atoms with van der Waals surface area (Å²) in [5, 5.41) is 3.22. The van der Waals surface area contributed by atoms with Gasteiger partial charge in [-0.05, 0) is 17.5 Å². The van der Waals surface area contributed by atoms with Crippen LogP contribution in [-0.2, 0) is 32.0 Å². The predicted molar refractivity (Wildman–Crippen MR) is 79.0 cm³/mol. The Morgan fingerprint density at radius 3 is 2.81 bits per heavy atom. The summed E-state index contributed by atoms with van der Waals surface area (Å²) in [5.74, 6) is -0.179. The molecule has 1 N–H and O–H groups in total. The summed E-state index contributed by atoms with van der Waals surface area (Å²) in [5.41, 5.74) is 2.48. The van der Waals surface area contributed by atoms with Gasteiger partial charge >= 0.3 is 5.97 Å². The minimum atomic E-state index is -0.241. The molecule has 21 heavy (non-hydrogen) atoms. The fourth-order valence-electron chi connectivity index (χ4n) is 2.30. The van der Waals surface area contributed by atoms with Crippen molar-refractivity contribution in [3.05, 3.63) is 35.4 Å². The maximum absolute atomic E-state index is 12.0. The Morgan fingerprint density at radius 1 is 1.19 bits per heavy atom. The van der Waals surface area contributed by atoms with Crippen LogP contribution in [0.4, 0.5) is 0 Å². The van der Waals surface area contributed by atoms with Gasteiger partial charge in [-0.2, -0.15) is 0 Å². The zero-order valence-electron chi connectivity index (χ0n) is 12.5. The molecule has 116 valence electrons.